The summed E-state index contributed by atoms with van der Waals surface area (Å²) in [6, 6.07) is 7.23. The van der Waals surface area contributed by atoms with Crippen molar-refractivity contribution >= 4 is 23.4 Å². The summed E-state index contributed by atoms with van der Waals surface area (Å²) in [6.07, 6.45) is 1.23. The fourth-order valence-corrected chi connectivity index (χ4v) is 3.50. The number of benzene rings is 1. The molecule has 0 bridgehead atoms. The number of anilines is 3. The number of hydrogen-bond donors (Lipinski definition) is 3. The molecule has 0 spiro atoms. The maximum absolute atomic E-state index is 12.7. The minimum atomic E-state index is -0.154. The van der Waals surface area contributed by atoms with Crippen molar-refractivity contribution in [1.82, 2.24) is 20.2 Å². The van der Waals surface area contributed by atoms with E-state index >= 15 is 0 Å². The lowest BCUT2D eigenvalue weighted by molar-refractivity contribution is 0.0946. The standard InChI is InChI=1S/C21H30N6O2/c1-14-7-9-27(13-14)10-8-23-20(28)17-12-16(5-6-18(17)29-4)25-21-24-15(2)11-19(22-3)26-21/h5-6,11-12,14H,7-10,13H2,1-4H3,(H,23,28)(H2,22,24,25,26)/t14-/m0/s1. The number of ether oxygens (including phenoxy) is 1. The van der Waals surface area contributed by atoms with Gasteiger partial charge in [0.1, 0.15) is 11.6 Å². The monoisotopic (exact) mass is 398 g/mol. The third-order valence-electron chi connectivity index (χ3n) is 5.03. The molecule has 1 saturated heterocycles. The summed E-state index contributed by atoms with van der Waals surface area (Å²) in [5.74, 6) is 2.31. The number of nitrogens with zero attached hydrogens (tertiary/aromatic N) is 3. The summed E-state index contributed by atoms with van der Waals surface area (Å²) in [5.41, 5.74) is 2.04. The van der Waals surface area contributed by atoms with Crippen LogP contribution in [0.25, 0.3) is 0 Å². The van der Waals surface area contributed by atoms with Crippen LogP contribution in [0.3, 0.4) is 0 Å². The van der Waals surface area contributed by atoms with Crippen LogP contribution in [0, 0.1) is 12.8 Å². The van der Waals surface area contributed by atoms with E-state index in [0.29, 0.717) is 23.8 Å². The SMILES string of the molecule is CNc1cc(C)nc(Nc2ccc(OC)c(C(=O)NCCN3CC[C@H](C)C3)c2)n1. The van der Waals surface area contributed by atoms with Crippen LogP contribution in [0.15, 0.2) is 24.3 Å². The fourth-order valence-electron chi connectivity index (χ4n) is 3.50. The number of nitrogens with one attached hydrogen (secondary N) is 3. The average Bonchev–Trinajstić information content (AvgIpc) is 3.12. The second-order valence-corrected chi connectivity index (χ2v) is 7.46. The molecule has 0 saturated carbocycles. The zero-order chi connectivity index (χ0) is 20.8. The highest BCUT2D eigenvalue weighted by atomic mass is 16.5. The molecule has 1 aromatic carbocycles. The van der Waals surface area contributed by atoms with Gasteiger partial charge in [0, 0.05) is 44.1 Å². The molecule has 156 valence electrons. The molecule has 2 aromatic rings. The van der Waals surface area contributed by atoms with E-state index in [1.807, 2.05) is 26.1 Å². The summed E-state index contributed by atoms with van der Waals surface area (Å²) >= 11 is 0. The molecule has 8 nitrogen and oxygen atoms in total. The molecule has 29 heavy (non-hydrogen) atoms. The molecule has 1 fully saturated rings. The van der Waals surface area contributed by atoms with E-state index < -0.39 is 0 Å². The highest BCUT2D eigenvalue weighted by molar-refractivity contribution is 5.98. The smallest absolute Gasteiger partial charge is 0.255 e. The molecule has 3 N–H and O–H groups in total. The number of carbonyl (C=O) groups is 1. The first-order valence-electron chi connectivity index (χ1n) is 9.97. The Morgan fingerprint density at radius 2 is 2.14 bits per heavy atom. The van der Waals surface area contributed by atoms with Crippen LogP contribution in [0.1, 0.15) is 29.4 Å². The second kappa shape index (κ2) is 9.56. The van der Waals surface area contributed by atoms with Crippen molar-refractivity contribution < 1.29 is 9.53 Å². The van der Waals surface area contributed by atoms with Gasteiger partial charge in [0.25, 0.3) is 5.91 Å². The van der Waals surface area contributed by atoms with Crippen LogP contribution < -0.4 is 20.7 Å². The van der Waals surface area contributed by atoms with Gasteiger partial charge in [-0.05, 0) is 44.0 Å². The lowest BCUT2D eigenvalue weighted by Gasteiger charge is -2.16. The van der Waals surface area contributed by atoms with Gasteiger partial charge in [-0.25, -0.2) is 4.98 Å². The number of methoxy groups -OCH3 is 1. The Hall–Kier alpha value is -2.87. The van der Waals surface area contributed by atoms with Crippen molar-refractivity contribution in [2.45, 2.75) is 20.3 Å². The first-order valence-corrected chi connectivity index (χ1v) is 9.97. The highest BCUT2D eigenvalue weighted by Gasteiger charge is 2.19. The quantitative estimate of drug-likeness (QED) is 0.630. The van der Waals surface area contributed by atoms with Crippen molar-refractivity contribution in [3.63, 3.8) is 0 Å². The number of rotatable bonds is 8. The van der Waals surface area contributed by atoms with Gasteiger partial charge in [-0.2, -0.15) is 4.98 Å². The van der Waals surface area contributed by atoms with E-state index in [1.54, 1.807) is 19.2 Å². The Morgan fingerprint density at radius 3 is 2.83 bits per heavy atom. The van der Waals surface area contributed by atoms with Crippen molar-refractivity contribution in [1.29, 1.82) is 0 Å². The molecular formula is C21H30N6O2. The van der Waals surface area contributed by atoms with Crippen LogP contribution in [-0.2, 0) is 0 Å². The maximum atomic E-state index is 12.7. The number of carbonyl (C=O) groups excluding carboxylic acids is 1. The molecule has 3 rings (SSSR count). The molecule has 1 aliphatic rings. The van der Waals surface area contributed by atoms with Gasteiger partial charge in [0.2, 0.25) is 5.95 Å². The average molecular weight is 399 g/mol. The number of aromatic nitrogens is 2. The fraction of sp³-hybridized carbons (Fsp3) is 0.476. The van der Waals surface area contributed by atoms with E-state index in [2.05, 4.69) is 37.7 Å². The molecule has 1 aromatic heterocycles. The van der Waals surface area contributed by atoms with Gasteiger partial charge in [-0.15, -0.1) is 0 Å². The Balaban J connectivity index is 1.68. The molecule has 0 unspecified atom stereocenters. The predicted molar refractivity (Wildman–Crippen MR) is 115 cm³/mol. The minimum absolute atomic E-state index is 0.154. The summed E-state index contributed by atoms with van der Waals surface area (Å²) in [7, 11) is 3.37. The van der Waals surface area contributed by atoms with Gasteiger partial charge in [-0.3, -0.25) is 4.79 Å². The van der Waals surface area contributed by atoms with Crippen molar-refractivity contribution in [3.8, 4) is 5.75 Å². The Kier molecular flexibility index (Phi) is 6.87. The molecule has 0 aliphatic carbocycles. The van der Waals surface area contributed by atoms with E-state index in [0.717, 1.165) is 42.8 Å². The molecule has 1 aliphatic heterocycles. The van der Waals surface area contributed by atoms with Crippen LogP contribution in [0.2, 0.25) is 0 Å². The largest absolute Gasteiger partial charge is 0.496 e. The summed E-state index contributed by atoms with van der Waals surface area (Å²) < 4.78 is 5.38. The van der Waals surface area contributed by atoms with E-state index in [-0.39, 0.29) is 5.91 Å². The summed E-state index contributed by atoms with van der Waals surface area (Å²) in [5, 5.41) is 9.18. The topological polar surface area (TPSA) is 91.4 Å². The highest BCUT2D eigenvalue weighted by Crippen LogP contribution is 2.24. The second-order valence-electron chi connectivity index (χ2n) is 7.46. The number of aryl methyl sites for hydroxylation is 1. The molecule has 0 radical (unpaired) electrons. The van der Waals surface area contributed by atoms with E-state index in [1.165, 1.54) is 6.42 Å². The van der Waals surface area contributed by atoms with Crippen LogP contribution >= 0.6 is 0 Å². The zero-order valence-electron chi connectivity index (χ0n) is 17.6. The first kappa shape index (κ1) is 20.9. The molecule has 8 heteroatoms. The van der Waals surface area contributed by atoms with Gasteiger partial charge >= 0.3 is 0 Å². The zero-order valence-corrected chi connectivity index (χ0v) is 17.6. The normalized spacial score (nSPS) is 16.5. The third-order valence-corrected chi connectivity index (χ3v) is 5.03. The van der Waals surface area contributed by atoms with Crippen LogP contribution in [0.4, 0.5) is 17.5 Å². The maximum Gasteiger partial charge on any atom is 0.255 e. The predicted octanol–water partition coefficient (Wildman–Crippen LogP) is 2.65. The van der Waals surface area contributed by atoms with Crippen molar-refractivity contribution in [2.24, 2.45) is 5.92 Å². The molecule has 1 amide bonds. The number of likely N-dealkylation sites (tertiary alicyclic amines) is 1. The van der Waals surface area contributed by atoms with Gasteiger partial charge in [0.05, 0.1) is 12.7 Å². The molecule has 1 atom stereocenters. The van der Waals surface area contributed by atoms with Crippen molar-refractivity contribution in [3.05, 3.63) is 35.5 Å². The number of amides is 1. The lowest BCUT2D eigenvalue weighted by atomic mass is 10.1. The minimum Gasteiger partial charge on any atom is -0.496 e. The Bertz CT molecular complexity index is 857. The van der Waals surface area contributed by atoms with Gasteiger partial charge in [-0.1, -0.05) is 6.92 Å². The van der Waals surface area contributed by atoms with Crippen LogP contribution in [-0.4, -0.2) is 61.1 Å². The molecular weight excluding hydrogens is 368 g/mol. The van der Waals surface area contributed by atoms with E-state index in [4.69, 9.17) is 4.74 Å². The Labute approximate surface area is 172 Å². The summed E-state index contributed by atoms with van der Waals surface area (Å²) in [4.78, 5) is 23.9. The first-order chi connectivity index (χ1) is 14.0. The van der Waals surface area contributed by atoms with Gasteiger partial charge in [0.15, 0.2) is 0 Å². The van der Waals surface area contributed by atoms with Crippen molar-refractivity contribution in [2.75, 3.05) is 51.0 Å². The van der Waals surface area contributed by atoms with E-state index in [9.17, 15) is 4.79 Å². The number of hydrogen-bond acceptors (Lipinski definition) is 7. The third kappa shape index (κ3) is 5.57. The summed E-state index contributed by atoms with van der Waals surface area (Å²) in [6.45, 7) is 7.84. The van der Waals surface area contributed by atoms with Crippen LogP contribution in [0.5, 0.6) is 5.75 Å². The lowest BCUT2D eigenvalue weighted by Crippen LogP contribution is -2.34. The Morgan fingerprint density at radius 1 is 1.31 bits per heavy atom. The molecule has 2 heterocycles. The van der Waals surface area contributed by atoms with Gasteiger partial charge < -0.3 is 25.6 Å².